The molecule has 2 aromatic rings. The normalized spacial score (nSPS) is 27.8. The number of para-hydroxylation sites is 1. The lowest BCUT2D eigenvalue weighted by Crippen LogP contribution is -2.36. The zero-order valence-electron chi connectivity index (χ0n) is 17.0. The van der Waals surface area contributed by atoms with Gasteiger partial charge in [0.1, 0.15) is 5.78 Å². The van der Waals surface area contributed by atoms with Crippen LogP contribution >= 0.6 is 11.3 Å². The molecule has 2 heterocycles. The Morgan fingerprint density at radius 1 is 1.23 bits per heavy atom. The van der Waals surface area contributed by atoms with E-state index in [1.165, 1.54) is 11.3 Å². The third-order valence-electron chi connectivity index (χ3n) is 7.11. The summed E-state index contributed by atoms with van der Waals surface area (Å²) in [5.41, 5.74) is 2.85. The van der Waals surface area contributed by atoms with Gasteiger partial charge in [-0.15, -0.1) is 11.3 Å². The van der Waals surface area contributed by atoms with E-state index in [0.29, 0.717) is 18.2 Å². The van der Waals surface area contributed by atoms with Crippen LogP contribution in [0.5, 0.6) is 5.75 Å². The number of nitrogens with one attached hydrogen (secondary N) is 1. The Morgan fingerprint density at radius 2 is 2.13 bits per heavy atom. The second-order valence-electron chi connectivity index (χ2n) is 9.09. The molecule has 1 aromatic carbocycles. The third-order valence-corrected chi connectivity index (χ3v) is 8.16. The molecule has 30 heavy (non-hydrogen) atoms. The average molecular weight is 426 g/mol. The molecule has 1 aromatic heterocycles. The van der Waals surface area contributed by atoms with Gasteiger partial charge in [0.05, 0.1) is 29.3 Å². The molecule has 0 spiro atoms. The number of fused-ring (bicyclic) bond motifs is 3. The van der Waals surface area contributed by atoms with Gasteiger partial charge >= 0.3 is 0 Å². The smallest absolute Gasteiger partial charge is 0.187 e. The molecule has 2 N–H and O–H groups in total. The Labute approximate surface area is 180 Å². The summed E-state index contributed by atoms with van der Waals surface area (Å²) in [6.45, 7) is 0.797. The van der Waals surface area contributed by atoms with Crippen LogP contribution in [-0.4, -0.2) is 34.6 Å². The topological polar surface area (TPSA) is 74.7 Å². The van der Waals surface area contributed by atoms with E-state index in [9.17, 15) is 9.90 Å². The van der Waals surface area contributed by atoms with E-state index in [4.69, 9.17) is 9.72 Å². The SMILES string of the molecule is O=C1CC2CC1CN2c1cccc(Nc2nc3c(s2)CCCC3O)c1OC1CCC1. The number of rotatable bonds is 5. The van der Waals surface area contributed by atoms with Crippen LogP contribution in [0.3, 0.4) is 0 Å². The fourth-order valence-electron chi connectivity index (χ4n) is 5.23. The third kappa shape index (κ3) is 3.10. The van der Waals surface area contributed by atoms with Crippen LogP contribution < -0.4 is 15.0 Å². The zero-order valence-corrected chi connectivity index (χ0v) is 17.8. The second kappa shape index (κ2) is 7.24. The number of piperidine rings is 1. The molecular formula is C23H27N3O3S. The molecule has 4 aliphatic rings. The monoisotopic (exact) mass is 425 g/mol. The Bertz CT molecular complexity index is 986. The number of thiazole rings is 1. The molecule has 6 rings (SSSR count). The molecule has 1 saturated heterocycles. The van der Waals surface area contributed by atoms with Gasteiger partial charge in [-0.2, -0.15) is 0 Å². The average Bonchev–Trinajstić information content (AvgIpc) is 3.39. The number of carbonyl (C=O) groups excluding carboxylic acids is 1. The first-order valence-electron chi connectivity index (χ1n) is 11.2. The van der Waals surface area contributed by atoms with Crippen LogP contribution in [0.1, 0.15) is 61.6 Å². The predicted molar refractivity (Wildman–Crippen MR) is 117 cm³/mol. The first-order valence-corrected chi connectivity index (χ1v) is 12.0. The first kappa shape index (κ1) is 18.6. The van der Waals surface area contributed by atoms with Crippen molar-refractivity contribution in [3.05, 3.63) is 28.8 Å². The van der Waals surface area contributed by atoms with Gasteiger partial charge in [-0.05, 0) is 57.1 Å². The highest BCUT2D eigenvalue weighted by molar-refractivity contribution is 7.15. The van der Waals surface area contributed by atoms with Crippen LogP contribution in [0.2, 0.25) is 0 Å². The van der Waals surface area contributed by atoms with Crippen LogP contribution in [-0.2, 0) is 11.2 Å². The van der Waals surface area contributed by atoms with Crippen LogP contribution in [0.15, 0.2) is 18.2 Å². The fourth-order valence-corrected chi connectivity index (χ4v) is 6.30. The number of anilines is 3. The Morgan fingerprint density at radius 3 is 2.83 bits per heavy atom. The number of ketones is 1. The van der Waals surface area contributed by atoms with Crippen LogP contribution in [0.25, 0.3) is 0 Å². The van der Waals surface area contributed by atoms with E-state index in [2.05, 4.69) is 22.3 Å². The Hall–Kier alpha value is -2.12. The number of hydrogen-bond acceptors (Lipinski definition) is 7. The lowest BCUT2D eigenvalue weighted by atomic mass is 9.96. The number of hydrogen-bond donors (Lipinski definition) is 2. The summed E-state index contributed by atoms with van der Waals surface area (Å²) >= 11 is 1.64. The number of aromatic nitrogens is 1. The highest BCUT2D eigenvalue weighted by atomic mass is 32.1. The van der Waals surface area contributed by atoms with E-state index in [-0.39, 0.29) is 12.0 Å². The largest absolute Gasteiger partial charge is 0.486 e. The summed E-state index contributed by atoms with van der Waals surface area (Å²) in [4.78, 5) is 20.3. The number of benzene rings is 1. The molecule has 2 bridgehead atoms. The molecule has 3 atom stereocenters. The lowest BCUT2D eigenvalue weighted by molar-refractivity contribution is -0.120. The molecule has 158 valence electrons. The molecule has 3 unspecified atom stereocenters. The van der Waals surface area contributed by atoms with Crippen molar-refractivity contribution in [1.82, 2.24) is 4.98 Å². The summed E-state index contributed by atoms with van der Waals surface area (Å²) < 4.78 is 6.49. The van der Waals surface area contributed by atoms with Crippen molar-refractivity contribution in [3.63, 3.8) is 0 Å². The van der Waals surface area contributed by atoms with Crippen molar-refractivity contribution in [2.24, 2.45) is 5.92 Å². The first-order chi connectivity index (χ1) is 14.7. The van der Waals surface area contributed by atoms with Gasteiger partial charge < -0.3 is 20.1 Å². The molecule has 0 amide bonds. The standard InChI is InChI=1S/C23H27N3O3S/c27-18-8-3-9-20-21(18)25-23(30-20)24-16-6-2-7-17(22(16)29-15-4-1-5-15)26-12-13-10-14(26)11-19(13)28/h2,6-7,13-15,18,27H,1,3-5,8-12H2,(H,24,25). The number of aliphatic hydroxyl groups excluding tert-OH is 1. The maximum atomic E-state index is 12.1. The van der Waals surface area contributed by atoms with Gasteiger partial charge in [0.25, 0.3) is 0 Å². The molecule has 3 fully saturated rings. The van der Waals surface area contributed by atoms with Gasteiger partial charge in [-0.3, -0.25) is 4.79 Å². The van der Waals surface area contributed by atoms with E-state index < -0.39 is 6.10 Å². The number of ether oxygens (including phenoxy) is 1. The van der Waals surface area contributed by atoms with Crippen LogP contribution in [0.4, 0.5) is 16.5 Å². The van der Waals surface area contributed by atoms with Gasteiger partial charge in [-0.25, -0.2) is 4.98 Å². The Kier molecular flexibility index (Phi) is 4.49. The van der Waals surface area contributed by atoms with E-state index >= 15 is 0 Å². The zero-order chi connectivity index (χ0) is 20.2. The predicted octanol–water partition coefficient (Wildman–Crippen LogP) is 4.36. The summed E-state index contributed by atoms with van der Waals surface area (Å²) in [7, 11) is 0. The van der Waals surface area contributed by atoms with Crippen molar-refractivity contribution < 1.29 is 14.6 Å². The fraction of sp³-hybridized carbons (Fsp3) is 0.565. The summed E-state index contributed by atoms with van der Waals surface area (Å²) in [5, 5.41) is 14.6. The minimum absolute atomic E-state index is 0.176. The summed E-state index contributed by atoms with van der Waals surface area (Å²) in [5.74, 6) is 1.48. The molecule has 1 aliphatic heterocycles. The van der Waals surface area contributed by atoms with Crippen molar-refractivity contribution in [1.29, 1.82) is 0 Å². The minimum atomic E-state index is -0.449. The van der Waals surface area contributed by atoms with E-state index in [1.54, 1.807) is 11.3 Å². The second-order valence-corrected chi connectivity index (χ2v) is 10.2. The van der Waals surface area contributed by atoms with E-state index in [1.807, 2.05) is 6.07 Å². The number of aryl methyl sites for hydroxylation is 1. The number of carbonyl (C=O) groups is 1. The van der Waals surface area contributed by atoms with Gasteiger partial charge in [0.2, 0.25) is 0 Å². The number of Topliss-reactive ketones (excluding diaryl/α,β-unsaturated/α-hetero) is 1. The van der Waals surface area contributed by atoms with Crippen molar-refractivity contribution in [3.8, 4) is 5.75 Å². The molecule has 6 nitrogen and oxygen atoms in total. The molecular weight excluding hydrogens is 398 g/mol. The summed E-state index contributed by atoms with van der Waals surface area (Å²) in [6, 6.07) is 6.53. The van der Waals surface area contributed by atoms with Crippen molar-refractivity contribution in [2.45, 2.75) is 69.6 Å². The highest BCUT2D eigenvalue weighted by Gasteiger charge is 2.45. The van der Waals surface area contributed by atoms with E-state index in [0.717, 1.165) is 73.0 Å². The molecule has 2 saturated carbocycles. The molecule has 7 heteroatoms. The van der Waals surface area contributed by atoms with Crippen molar-refractivity contribution in [2.75, 3.05) is 16.8 Å². The Balaban J connectivity index is 1.33. The maximum absolute atomic E-state index is 12.1. The maximum Gasteiger partial charge on any atom is 0.187 e. The highest BCUT2D eigenvalue weighted by Crippen LogP contribution is 2.47. The van der Waals surface area contributed by atoms with Gasteiger partial charge in [0, 0.05) is 29.8 Å². The molecule has 0 radical (unpaired) electrons. The number of aliphatic hydroxyl groups is 1. The minimum Gasteiger partial charge on any atom is -0.486 e. The van der Waals surface area contributed by atoms with Crippen molar-refractivity contribution >= 4 is 33.6 Å². The van der Waals surface area contributed by atoms with Gasteiger partial charge in [-0.1, -0.05) is 6.07 Å². The quantitative estimate of drug-likeness (QED) is 0.742. The van der Waals surface area contributed by atoms with Gasteiger partial charge in [0.15, 0.2) is 10.9 Å². The van der Waals surface area contributed by atoms with Crippen LogP contribution in [0, 0.1) is 5.92 Å². The lowest BCUT2D eigenvalue weighted by Gasteiger charge is -2.34. The number of nitrogens with zero attached hydrogens (tertiary/aromatic N) is 2. The summed E-state index contributed by atoms with van der Waals surface area (Å²) in [6.07, 6.45) is 7.63. The molecule has 3 aliphatic carbocycles.